The lowest BCUT2D eigenvalue weighted by molar-refractivity contribution is 0.0951. The summed E-state index contributed by atoms with van der Waals surface area (Å²) in [4.78, 5) is 14.6. The third-order valence-electron chi connectivity index (χ3n) is 4.55. The van der Waals surface area contributed by atoms with Crippen molar-refractivity contribution in [3.8, 4) is 0 Å². The van der Waals surface area contributed by atoms with E-state index in [1.54, 1.807) is 0 Å². The van der Waals surface area contributed by atoms with Crippen LogP contribution in [0, 0.1) is 13.8 Å². The molecule has 2 rings (SSSR count). The highest BCUT2D eigenvalue weighted by Gasteiger charge is 2.07. The molecule has 0 spiro atoms. The fraction of sp³-hybridized carbons (Fsp3) is 0.381. The van der Waals surface area contributed by atoms with Gasteiger partial charge in [0.15, 0.2) is 0 Å². The summed E-state index contributed by atoms with van der Waals surface area (Å²) >= 11 is 0. The second kappa shape index (κ2) is 8.65. The van der Waals surface area contributed by atoms with Crippen LogP contribution >= 0.6 is 0 Å². The van der Waals surface area contributed by atoms with E-state index >= 15 is 0 Å². The van der Waals surface area contributed by atoms with E-state index in [1.165, 1.54) is 11.1 Å². The van der Waals surface area contributed by atoms with Crippen molar-refractivity contribution in [3.05, 3.63) is 70.3 Å². The molecular formula is C21H28N2O. The smallest absolute Gasteiger partial charge is 0.251 e. The van der Waals surface area contributed by atoms with Crippen molar-refractivity contribution in [1.82, 2.24) is 10.2 Å². The zero-order chi connectivity index (χ0) is 17.5. The van der Waals surface area contributed by atoms with Gasteiger partial charge in [-0.05, 0) is 61.3 Å². The number of aryl methyl sites for hydroxylation is 2. The van der Waals surface area contributed by atoms with Gasteiger partial charge >= 0.3 is 0 Å². The molecule has 0 aliphatic heterocycles. The van der Waals surface area contributed by atoms with Crippen LogP contribution in [0.1, 0.15) is 46.5 Å². The summed E-state index contributed by atoms with van der Waals surface area (Å²) in [5, 5.41) is 3.00. The molecule has 0 bridgehead atoms. The molecule has 24 heavy (non-hydrogen) atoms. The molecule has 0 saturated carbocycles. The van der Waals surface area contributed by atoms with Gasteiger partial charge in [-0.15, -0.1) is 0 Å². The van der Waals surface area contributed by atoms with E-state index in [-0.39, 0.29) is 5.91 Å². The third-order valence-corrected chi connectivity index (χ3v) is 4.55. The Bertz CT molecular complexity index is 673. The molecule has 128 valence electrons. The van der Waals surface area contributed by atoms with Crippen molar-refractivity contribution in [2.24, 2.45) is 0 Å². The molecule has 3 heteroatoms. The fourth-order valence-electron chi connectivity index (χ4n) is 2.63. The highest BCUT2D eigenvalue weighted by atomic mass is 16.1. The molecule has 0 saturated heterocycles. The molecule has 1 N–H and O–H groups in total. The minimum absolute atomic E-state index is 0.0229. The Balaban J connectivity index is 1.91. The van der Waals surface area contributed by atoms with Crippen LogP contribution in [0.3, 0.4) is 0 Å². The minimum Gasteiger partial charge on any atom is -0.348 e. The van der Waals surface area contributed by atoms with Crippen molar-refractivity contribution < 1.29 is 4.79 Å². The maximum atomic E-state index is 12.3. The molecule has 0 fully saturated rings. The molecule has 0 aromatic heterocycles. The number of nitrogens with zero attached hydrogens (tertiary/aromatic N) is 1. The first-order chi connectivity index (χ1) is 11.5. The van der Waals surface area contributed by atoms with Gasteiger partial charge in [0.05, 0.1) is 0 Å². The van der Waals surface area contributed by atoms with Gasteiger partial charge in [-0.25, -0.2) is 0 Å². The topological polar surface area (TPSA) is 32.3 Å². The summed E-state index contributed by atoms with van der Waals surface area (Å²) < 4.78 is 0. The molecule has 2 aromatic rings. The van der Waals surface area contributed by atoms with Crippen molar-refractivity contribution >= 4 is 5.91 Å². The largest absolute Gasteiger partial charge is 0.348 e. The molecule has 0 atom stereocenters. The summed E-state index contributed by atoms with van der Waals surface area (Å²) in [6.07, 6.45) is 0. The molecule has 0 unspecified atom stereocenters. The molecular weight excluding hydrogens is 296 g/mol. The number of nitrogens with one attached hydrogen (secondary N) is 1. The van der Waals surface area contributed by atoms with Gasteiger partial charge in [0.2, 0.25) is 0 Å². The lowest BCUT2D eigenvalue weighted by Gasteiger charge is -2.18. The number of rotatable bonds is 7. The fourth-order valence-corrected chi connectivity index (χ4v) is 2.63. The number of carbonyl (C=O) groups excluding carboxylic acids is 1. The van der Waals surface area contributed by atoms with Gasteiger partial charge in [0.1, 0.15) is 0 Å². The van der Waals surface area contributed by atoms with Crippen LogP contribution in [0.15, 0.2) is 42.5 Å². The Morgan fingerprint density at radius 3 is 2.12 bits per heavy atom. The van der Waals surface area contributed by atoms with Gasteiger partial charge in [-0.3, -0.25) is 9.69 Å². The van der Waals surface area contributed by atoms with E-state index in [1.807, 2.05) is 25.1 Å². The predicted molar refractivity (Wildman–Crippen MR) is 100 cm³/mol. The maximum absolute atomic E-state index is 12.3. The first kappa shape index (κ1) is 18.2. The summed E-state index contributed by atoms with van der Waals surface area (Å²) in [6, 6.07) is 14.3. The van der Waals surface area contributed by atoms with Crippen molar-refractivity contribution in [1.29, 1.82) is 0 Å². The van der Waals surface area contributed by atoms with Gasteiger partial charge < -0.3 is 5.32 Å². The van der Waals surface area contributed by atoms with Gasteiger partial charge in [-0.1, -0.05) is 44.2 Å². The Morgan fingerprint density at radius 1 is 0.917 bits per heavy atom. The van der Waals surface area contributed by atoms with Crippen LogP contribution in [0.25, 0.3) is 0 Å². The maximum Gasteiger partial charge on any atom is 0.251 e. The van der Waals surface area contributed by atoms with E-state index in [9.17, 15) is 4.79 Å². The van der Waals surface area contributed by atoms with Crippen LogP contribution in [0.4, 0.5) is 0 Å². The average Bonchev–Trinajstić information content (AvgIpc) is 2.61. The molecule has 3 nitrogen and oxygen atoms in total. The Hall–Kier alpha value is -2.13. The Kier molecular flexibility index (Phi) is 6.56. The summed E-state index contributed by atoms with van der Waals surface area (Å²) in [6.45, 7) is 12.1. The lowest BCUT2D eigenvalue weighted by Crippen LogP contribution is -2.23. The SMILES string of the molecule is CCN(CC)Cc1ccc(CNC(=O)c2ccc(C)c(C)c2)cc1. The first-order valence-electron chi connectivity index (χ1n) is 8.69. The molecule has 0 aliphatic carbocycles. The summed E-state index contributed by atoms with van der Waals surface area (Å²) in [5.41, 5.74) is 5.49. The van der Waals surface area contributed by atoms with E-state index in [0.717, 1.165) is 36.3 Å². The molecule has 2 aromatic carbocycles. The van der Waals surface area contributed by atoms with E-state index in [0.29, 0.717) is 6.54 Å². The molecule has 1 amide bonds. The standard InChI is InChI=1S/C21H28N2O/c1-5-23(6-2)15-19-10-8-18(9-11-19)14-22-21(24)20-12-7-16(3)17(4)13-20/h7-13H,5-6,14-15H2,1-4H3,(H,22,24). The second-order valence-corrected chi connectivity index (χ2v) is 6.26. The minimum atomic E-state index is -0.0229. The number of amides is 1. The van der Waals surface area contributed by atoms with Gasteiger partial charge in [0.25, 0.3) is 5.91 Å². The van der Waals surface area contributed by atoms with Crippen molar-refractivity contribution in [3.63, 3.8) is 0 Å². The zero-order valence-electron chi connectivity index (χ0n) is 15.2. The number of benzene rings is 2. The molecule has 0 heterocycles. The second-order valence-electron chi connectivity index (χ2n) is 6.26. The third kappa shape index (κ3) is 4.93. The zero-order valence-corrected chi connectivity index (χ0v) is 15.2. The first-order valence-corrected chi connectivity index (χ1v) is 8.69. The Labute approximate surface area is 145 Å². The predicted octanol–water partition coefficient (Wildman–Crippen LogP) is 4.08. The molecule has 0 aliphatic rings. The van der Waals surface area contributed by atoms with Crippen LogP contribution in [-0.4, -0.2) is 23.9 Å². The molecule has 0 radical (unpaired) electrons. The highest BCUT2D eigenvalue weighted by molar-refractivity contribution is 5.94. The number of hydrogen-bond donors (Lipinski definition) is 1. The van der Waals surface area contributed by atoms with Crippen molar-refractivity contribution in [2.45, 2.75) is 40.8 Å². The average molecular weight is 324 g/mol. The van der Waals surface area contributed by atoms with Gasteiger partial charge in [0, 0.05) is 18.7 Å². The van der Waals surface area contributed by atoms with E-state index in [4.69, 9.17) is 0 Å². The van der Waals surface area contributed by atoms with Gasteiger partial charge in [-0.2, -0.15) is 0 Å². The Morgan fingerprint density at radius 2 is 1.54 bits per heavy atom. The van der Waals surface area contributed by atoms with Crippen LogP contribution in [-0.2, 0) is 13.1 Å². The number of hydrogen-bond acceptors (Lipinski definition) is 2. The van der Waals surface area contributed by atoms with Crippen LogP contribution in [0.5, 0.6) is 0 Å². The summed E-state index contributed by atoms with van der Waals surface area (Å²) in [5.74, 6) is -0.0229. The van der Waals surface area contributed by atoms with Crippen LogP contribution in [0.2, 0.25) is 0 Å². The van der Waals surface area contributed by atoms with Crippen molar-refractivity contribution in [2.75, 3.05) is 13.1 Å². The highest BCUT2D eigenvalue weighted by Crippen LogP contribution is 2.11. The quantitative estimate of drug-likeness (QED) is 0.832. The van der Waals surface area contributed by atoms with Crippen LogP contribution < -0.4 is 5.32 Å². The lowest BCUT2D eigenvalue weighted by atomic mass is 10.1. The normalized spacial score (nSPS) is 10.9. The van der Waals surface area contributed by atoms with E-state index < -0.39 is 0 Å². The summed E-state index contributed by atoms with van der Waals surface area (Å²) in [7, 11) is 0. The monoisotopic (exact) mass is 324 g/mol. The number of carbonyl (C=O) groups is 1. The van der Waals surface area contributed by atoms with E-state index in [2.05, 4.69) is 55.3 Å².